The van der Waals surface area contributed by atoms with Crippen LogP contribution in [0.15, 0.2) is 273 Å². The lowest BCUT2D eigenvalue weighted by Crippen LogP contribution is -2.14. The van der Waals surface area contributed by atoms with Crippen molar-refractivity contribution < 1.29 is 0 Å². The maximum atomic E-state index is 12.5. The second kappa shape index (κ2) is 18.4. The van der Waals surface area contributed by atoms with E-state index < -0.39 is 0 Å². The quantitative estimate of drug-likeness (QED) is 0.152. The summed E-state index contributed by atoms with van der Waals surface area (Å²) in [7, 11) is 0. The normalized spacial score (nSPS) is 11.5. The van der Waals surface area contributed by atoms with E-state index in [4.69, 9.17) is 0 Å². The summed E-state index contributed by atoms with van der Waals surface area (Å²) in [6.45, 7) is 0. The highest BCUT2D eigenvalue weighted by Crippen LogP contribution is 2.50. The summed E-state index contributed by atoms with van der Waals surface area (Å²) in [6.07, 6.45) is 0. The van der Waals surface area contributed by atoms with Crippen LogP contribution in [0.1, 0.15) is 11.1 Å². The number of benzene rings is 12. The van der Waals surface area contributed by atoms with Crippen molar-refractivity contribution in [1.82, 2.24) is 13.7 Å². The number of para-hydroxylation sites is 2. The molecule has 3 aromatic heterocycles. The lowest BCUT2D eigenvalue weighted by Gasteiger charge is -2.26. The summed E-state index contributed by atoms with van der Waals surface area (Å²) >= 11 is 0. The molecule has 0 fully saturated rings. The molecule has 12 aromatic carbocycles. The van der Waals surface area contributed by atoms with E-state index in [9.17, 15) is 10.5 Å². The zero-order valence-electron chi connectivity index (χ0n) is 42.7. The van der Waals surface area contributed by atoms with Crippen LogP contribution in [0, 0.1) is 22.7 Å². The number of nitrogens with zero attached hydrogens (tertiary/aromatic N) is 5. The third kappa shape index (κ3) is 7.15. The van der Waals surface area contributed by atoms with Crippen LogP contribution in [0.5, 0.6) is 0 Å². The van der Waals surface area contributed by atoms with E-state index in [1.54, 1.807) is 0 Å². The minimum Gasteiger partial charge on any atom is -0.307 e. The van der Waals surface area contributed by atoms with E-state index in [1.807, 2.05) is 42.5 Å². The molecule has 0 atom stereocenters. The van der Waals surface area contributed by atoms with Crippen molar-refractivity contribution in [3.05, 3.63) is 284 Å². The predicted molar refractivity (Wildman–Crippen MR) is 326 cm³/mol. The standard InChI is InChI=1S/C74H45N5/c75-46-63-72(77-67-38-34-53(48-20-6-1-7-21-48)42-59(67)60-43-54(35-39-68(60)77)49-22-8-2-9-23-49)64(47-76)74(71(52-28-14-5-15-29-52)73(63)78-65-32-18-16-30-57(65)58-31-17-19-33-66(58)78)79-69-40-36-55(50-24-10-3-11-25-50)44-61(69)62-45-56(37-41-70(62)79)51-26-12-4-13-27-51/h1-45H. The molecule has 79 heavy (non-hydrogen) atoms. The minimum atomic E-state index is 0.371. The molecule has 0 spiro atoms. The molecule has 0 amide bonds. The van der Waals surface area contributed by atoms with Crippen LogP contribution < -0.4 is 0 Å². The van der Waals surface area contributed by atoms with Gasteiger partial charge >= 0.3 is 0 Å². The van der Waals surface area contributed by atoms with Gasteiger partial charge in [-0.2, -0.15) is 10.5 Å². The molecule has 15 aromatic rings. The molecule has 0 N–H and O–H groups in total. The monoisotopic (exact) mass is 1000 g/mol. The molecule has 0 saturated carbocycles. The fourth-order valence-electron chi connectivity index (χ4n) is 12.4. The number of nitriles is 2. The van der Waals surface area contributed by atoms with E-state index in [-0.39, 0.29) is 0 Å². The molecule has 5 heteroatoms. The second-order valence-electron chi connectivity index (χ2n) is 20.2. The number of hydrogen-bond acceptors (Lipinski definition) is 2. The third-order valence-corrected chi connectivity index (χ3v) is 15.9. The number of rotatable bonds is 8. The lowest BCUT2D eigenvalue weighted by molar-refractivity contribution is 1.08. The third-order valence-electron chi connectivity index (χ3n) is 15.9. The average Bonchev–Trinajstić information content (AvgIpc) is 4.25. The van der Waals surface area contributed by atoms with Crippen LogP contribution in [-0.4, -0.2) is 13.7 Å². The van der Waals surface area contributed by atoms with Crippen molar-refractivity contribution in [3.8, 4) is 84.8 Å². The number of hydrogen-bond donors (Lipinski definition) is 0. The Morgan fingerprint density at radius 2 is 0.468 bits per heavy atom. The van der Waals surface area contributed by atoms with Crippen LogP contribution in [0.4, 0.5) is 0 Å². The molecule has 0 radical (unpaired) electrons. The van der Waals surface area contributed by atoms with Crippen LogP contribution >= 0.6 is 0 Å². The molecule has 366 valence electrons. The fraction of sp³-hybridized carbons (Fsp3) is 0. The Morgan fingerprint density at radius 1 is 0.215 bits per heavy atom. The summed E-state index contributed by atoms with van der Waals surface area (Å²) < 4.78 is 6.80. The van der Waals surface area contributed by atoms with Gasteiger partial charge in [0.05, 0.1) is 50.2 Å². The Hall–Kier alpha value is -11.0. The van der Waals surface area contributed by atoms with Crippen LogP contribution in [0.25, 0.3) is 138 Å². The summed E-state index contributed by atoms with van der Waals surface area (Å²) in [4.78, 5) is 0. The SMILES string of the molecule is N#Cc1c(-n2c3ccc(-c4ccccc4)cc3c3cc(-c4ccccc4)ccc32)c(C#N)c(-n2c3ccc(-c4ccccc4)cc3c3cc(-c4ccccc4)ccc32)c(-c2ccccc2)c1-n1c2ccccc2c2ccccc21. The first-order chi connectivity index (χ1) is 39.1. The largest absolute Gasteiger partial charge is 0.307 e. The van der Waals surface area contributed by atoms with Crippen molar-refractivity contribution in [2.24, 2.45) is 0 Å². The zero-order valence-corrected chi connectivity index (χ0v) is 42.7. The molecule has 0 aliphatic heterocycles. The first kappa shape index (κ1) is 45.4. The van der Waals surface area contributed by atoms with E-state index in [0.717, 1.165) is 121 Å². The van der Waals surface area contributed by atoms with Crippen molar-refractivity contribution in [2.45, 2.75) is 0 Å². The van der Waals surface area contributed by atoms with Gasteiger partial charge in [-0.1, -0.05) is 212 Å². The van der Waals surface area contributed by atoms with Crippen molar-refractivity contribution >= 4 is 65.4 Å². The van der Waals surface area contributed by atoms with E-state index in [0.29, 0.717) is 28.2 Å². The molecule has 0 aliphatic rings. The fourth-order valence-corrected chi connectivity index (χ4v) is 12.4. The molecule has 3 heterocycles. The van der Waals surface area contributed by atoms with E-state index >= 15 is 0 Å². The number of aromatic nitrogens is 3. The van der Waals surface area contributed by atoms with Gasteiger partial charge in [-0.15, -0.1) is 0 Å². The van der Waals surface area contributed by atoms with Gasteiger partial charge in [-0.3, -0.25) is 0 Å². The Kier molecular flexibility index (Phi) is 10.6. The van der Waals surface area contributed by atoms with Gasteiger partial charge in [-0.25, -0.2) is 0 Å². The smallest absolute Gasteiger partial charge is 0.104 e. The maximum absolute atomic E-state index is 12.5. The Morgan fingerprint density at radius 3 is 0.772 bits per heavy atom. The van der Waals surface area contributed by atoms with Gasteiger partial charge in [0.1, 0.15) is 23.3 Å². The molecule has 0 saturated heterocycles. The molecule has 0 unspecified atom stereocenters. The van der Waals surface area contributed by atoms with E-state index in [2.05, 4.69) is 256 Å². The first-order valence-electron chi connectivity index (χ1n) is 26.6. The summed E-state index contributed by atoms with van der Waals surface area (Å²) in [6, 6.07) is 102. The maximum Gasteiger partial charge on any atom is 0.104 e. The summed E-state index contributed by atoms with van der Waals surface area (Å²) in [5, 5.41) is 31.2. The Labute approximate surface area is 456 Å². The van der Waals surface area contributed by atoms with Gasteiger partial charge in [-0.05, 0) is 111 Å². The molecule has 15 rings (SSSR count). The summed E-state index contributed by atoms with van der Waals surface area (Å²) in [5.74, 6) is 0. The molecule has 5 nitrogen and oxygen atoms in total. The topological polar surface area (TPSA) is 62.4 Å². The first-order valence-corrected chi connectivity index (χ1v) is 26.6. The molecular formula is C74H45N5. The highest BCUT2D eigenvalue weighted by molar-refractivity contribution is 6.16. The number of fused-ring (bicyclic) bond motifs is 9. The van der Waals surface area contributed by atoms with Crippen LogP contribution in [0.2, 0.25) is 0 Å². The molecule has 0 aliphatic carbocycles. The Balaban J connectivity index is 1.17. The second-order valence-corrected chi connectivity index (χ2v) is 20.2. The van der Waals surface area contributed by atoms with Gasteiger partial charge in [0.25, 0.3) is 0 Å². The van der Waals surface area contributed by atoms with Gasteiger partial charge in [0.2, 0.25) is 0 Å². The Bertz CT molecular complexity index is 4750. The predicted octanol–water partition coefficient (Wildman–Crippen LogP) is 19.1. The molecular weight excluding hydrogens is 959 g/mol. The van der Waals surface area contributed by atoms with Crippen LogP contribution in [-0.2, 0) is 0 Å². The zero-order chi connectivity index (χ0) is 52.6. The average molecular weight is 1000 g/mol. The van der Waals surface area contributed by atoms with Crippen molar-refractivity contribution in [2.75, 3.05) is 0 Å². The van der Waals surface area contributed by atoms with Gasteiger partial charge in [0, 0.05) is 37.9 Å². The van der Waals surface area contributed by atoms with Crippen molar-refractivity contribution in [3.63, 3.8) is 0 Å². The highest BCUT2D eigenvalue weighted by Gasteiger charge is 2.33. The molecule has 0 bridgehead atoms. The van der Waals surface area contributed by atoms with Gasteiger partial charge in [0.15, 0.2) is 0 Å². The minimum absolute atomic E-state index is 0.371. The van der Waals surface area contributed by atoms with E-state index in [1.165, 1.54) is 0 Å². The van der Waals surface area contributed by atoms with Crippen molar-refractivity contribution in [1.29, 1.82) is 10.5 Å². The highest BCUT2D eigenvalue weighted by atomic mass is 15.1. The summed E-state index contributed by atoms with van der Waals surface area (Å²) in [5.41, 5.74) is 18.5. The van der Waals surface area contributed by atoms with Crippen LogP contribution in [0.3, 0.4) is 0 Å². The van der Waals surface area contributed by atoms with Gasteiger partial charge < -0.3 is 13.7 Å². The lowest BCUT2D eigenvalue weighted by atomic mass is 9.91.